The van der Waals surface area contributed by atoms with Gasteiger partial charge < -0.3 is 22.0 Å². The fourth-order valence-electron chi connectivity index (χ4n) is 0.863. The first-order valence-electron chi connectivity index (χ1n) is 3.87. The molecule has 6 nitrogen and oxygen atoms in total. The van der Waals surface area contributed by atoms with Gasteiger partial charge in [0, 0.05) is 12.0 Å². The predicted molar refractivity (Wildman–Crippen MR) is 49.3 cm³/mol. The highest BCUT2D eigenvalue weighted by molar-refractivity contribution is 5.82. The van der Waals surface area contributed by atoms with Crippen molar-refractivity contribution in [2.75, 3.05) is 6.54 Å². The number of hydrogen-bond donors (Lipinski definition) is 4. The van der Waals surface area contributed by atoms with Crippen molar-refractivity contribution in [3.05, 3.63) is 0 Å². The lowest BCUT2D eigenvalue weighted by molar-refractivity contribution is -0.119. The Bertz CT molecular complexity index is 213. The second-order valence-corrected chi connectivity index (χ2v) is 3.47. The van der Waals surface area contributed by atoms with Crippen LogP contribution in [0.4, 0.5) is 0 Å². The average molecular weight is 188 g/mol. The third-order valence-corrected chi connectivity index (χ3v) is 1.49. The predicted octanol–water partition coefficient (Wildman–Crippen LogP) is -1.02. The third kappa shape index (κ3) is 5.92. The molecule has 0 aromatic heterocycles. The van der Waals surface area contributed by atoms with E-state index in [0.29, 0.717) is 0 Å². The summed E-state index contributed by atoms with van der Waals surface area (Å²) in [6, 6.07) is 0. The van der Waals surface area contributed by atoms with E-state index in [1.54, 1.807) is 0 Å². The number of carbonyl (C=O) groups is 1. The van der Waals surface area contributed by atoms with Crippen LogP contribution in [0.15, 0.2) is 5.16 Å². The van der Waals surface area contributed by atoms with Gasteiger partial charge in [-0.1, -0.05) is 5.16 Å². The number of nitrogens with zero attached hydrogens (tertiary/aromatic N) is 1. The molecule has 0 radical (unpaired) electrons. The fraction of sp³-hybridized carbons (Fsp3) is 0.714. The maximum atomic E-state index is 10.6. The van der Waals surface area contributed by atoms with Crippen LogP contribution in [0.2, 0.25) is 0 Å². The van der Waals surface area contributed by atoms with E-state index in [2.05, 4.69) is 10.5 Å². The van der Waals surface area contributed by atoms with Gasteiger partial charge in [0.2, 0.25) is 5.91 Å². The number of hydrogen-bond acceptors (Lipinski definition) is 4. The Morgan fingerprint density at radius 3 is 2.46 bits per heavy atom. The molecule has 0 atom stereocenters. The minimum Gasteiger partial charge on any atom is -0.409 e. The Morgan fingerprint density at radius 2 is 2.08 bits per heavy atom. The molecule has 6 heteroatoms. The van der Waals surface area contributed by atoms with E-state index in [4.69, 9.17) is 16.7 Å². The van der Waals surface area contributed by atoms with Gasteiger partial charge in [0.1, 0.15) is 0 Å². The quantitative estimate of drug-likeness (QED) is 0.191. The van der Waals surface area contributed by atoms with Crippen molar-refractivity contribution in [1.29, 1.82) is 0 Å². The number of oxime groups is 1. The van der Waals surface area contributed by atoms with Gasteiger partial charge in [0.05, 0.1) is 6.54 Å². The van der Waals surface area contributed by atoms with Crippen LogP contribution < -0.4 is 16.8 Å². The summed E-state index contributed by atoms with van der Waals surface area (Å²) >= 11 is 0. The fourth-order valence-corrected chi connectivity index (χ4v) is 0.863. The summed E-state index contributed by atoms with van der Waals surface area (Å²) in [7, 11) is 0. The van der Waals surface area contributed by atoms with Crippen LogP contribution in [0, 0.1) is 0 Å². The topological polar surface area (TPSA) is 114 Å². The number of amidine groups is 1. The summed E-state index contributed by atoms with van der Waals surface area (Å²) in [4.78, 5) is 10.6. The van der Waals surface area contributed by atoms with Gasteiger partial charge in [-0.3, -0.25) is 4.79 Å². The van der Waals surface area contributed by atoms with Gasteiger partial charge in [-0.15, -0.1) is 0 Å². The second kappa shape index (κ2) is 4.66. The molecule has 13 heavy (non-hydrogen) atoms. The highest BCUT2D eigenvalue weighted by Crippen LogP contribution is 2.06. The lowest BCUT2D eigenvalue weighted by Crippen LogP contribution is -2.46. The number of carbonyl (C=O) groups excluding carboxylic acids is 1. The van der Waals surface area contributed by atoms with Crippen LogP contribution in [0.5, 0.6) is 0 Å². The van der Waals surface area contributed by atoms with Gasteiger partial charge >= 0.3 is 0 Å². The van der Waals surface area contributed by atoms with E-state index in [9.17, 15) is 4.79 Å². The van der Waals surface area contributed by atoms with Crippen LogP contribution in [-0.4, -0.2) is 29.0 Å². The highest BCUT2D eigenvalue weighted by Gasteiger charge is 2.19. The van der Waals surface area contributed by atoms with Gasteiger partial charge in [0.15, 0.2) is 5.84 Å². The van der Waals surface area contributed by atoms with E-state index < -0.39 is 11.4 Å². The standard InChI is InChI=1S/C7H16N4O2/c1-7(2,3-6(9)12)10-4-5(8)11-13/h10,13H,3-4H2,1-2H3,(H2,8,11)(H2,9,12). The first kappa shape index (κ1) is 11.7. The smallest absolute Gasteiger partial charge is 0.219 e. The first-order valence-corrected chi connectivity index (χ1v) is 3.87. The SMILES string of the molecule is CC(C)(CC(N)=O)NCC(N)=NO. The molecule has 0 aliphatic carbocycles. The zero-order valence-electron chi connectivity index (χ0n) is 7.87. The largest absolute Gasteiger partial charge is 0.409 e. The number of rotatable bonds is 5. The summed E-state index contributed by atoms with van der Waals surface area (Å²) in [6.45, 7) is 3.83. The summed E-state index contributed by atoms with van der Waals surface area (Å²) in [5.74, 6) is -0.324. The van der Waals surface area contributed by atoms with Crippen LogP contribution in [0.1, 0.15) is 20.3 Å². The van der Waals surface area contributed by atoms with Crippen molar-refractivity contribution < 1.29 is 10.0 Å². The van der Waals surface area contributed by atoms with E-state index in [1.165, 1.54) is 0 Å². The molecule has 0 heterocycles. The van der Waals surface area contributed by atoms with Crippen molar-refractivity contribution in [2.45, 2.75) is 25.8 Å². The van der Waals surface area contributed by atoms with Crippen LogP contribution in [0.3, 0.4) is 0 Å². The lowest BCUT2D eigenvalue weighted by Gasteiger charge is -2.24. The maximum absolute atomic E-state index is 10.6. The van der Waals surface area contributed by atoms with Crippen molar-refractivity contribution in [1.82, 2.24) is 5.32 Å². The van der Waals surface area contributed by atoms with E-state index in [1.807, 2.05) is 13.8 Å². The van der Waals surface area contributed by atoms with Gasteiger partial charge in [-0.25, -0.2) is 0 Å². The molecule has 0 fully saturated rings. The molecule has 0 aromatic rings. The molecular formula is C7H16N4O2. The van der Waals surface area contributed by atoms with Crippen molar-refractivity contribution in [3.63, 3.8) is 0 Å². The average Bonchev–Trinajstić information content (AvgIpc) is 1.98. The van der Waals surface area contributed by atoms with Crippen LogP contribution >= 0.6 is 0 Å². The number of nitrogens with two attached hydrogens (primary N) is 2. The van der Waals surface area contributed by atoms with E-state index in [0.717, 1.165) is 0 Å². The summed E-state index contributed by atoms with van der Waals surface area (Å²) in [5, 5.41) is 14.0. The van der Waals surface area contributed by atoms with Crippen molar-refractivity contribution in [3.8, 4) is 0 Å². The first-order chi connectivity index (χ1) is 5.87. The minimum atomic E-state index is -0.443. The zero-order chi connectivity index (χ0) is 10.5. The van der Waals surface area contributed by atoms with Gasteiger partial charge in [0.25, 0.3) is 0 Å². The Morgan fingerprint density at radius 1 is 1.54 bits per heavy atom. The van der Waals surface area contributed by atoms with Gasteiger partial charge in [-0.05, 0) is 13.8 Å². The number of nitrogens with one attached hydrogen (secondary N) is 1. The molecule has 0 rings (SSSR count). The molecule has 0 aliphatic rings. The van der Waals surface area contributed by atoms with Crippen LogP contribution in [-0.2, 0) is 4.79 Å². The molecule has 6 N–H and O–H groups in total. The number of primary amides is 1. The molecule has 0 saturated carbocycles. The second-order valence-electron chi connectivity index (χ2n) is 3.47. The lowest BCUT2D eigenvalue weighted by atomic mass is 10.0. The number of amides is 1. The molecule has 0 bridgehead atoms. The Hall–Kier alpha value is -1.30. The molecule has 1 amide bonds. The molecular weight excluding hydrogens is 172 g/mol. The summed E-state index contributed by atoms with van der Waals surface area (Å²) in [6.07, 6.45) is 0.200. The Kier molecular flexibility index (Phi) is 4.19. The van der Waals surface area contributed by atoms with E-state index in [-0.39, 0.29) is 18.8 Å². The monoisotopic (exact) mass is 188 g/mol. The Balaban J connectivity index is 3.95. The molecule has 0 saturated heterocycles. The highest BCUT2D eigenvalue weighted by atomic mass is 16.4. The summed E-state index contributed by atoms with van der Waals surface area (Å²) in [5.41, 5.74) is 9.82. The van der Waals surface area contributed by atoms with Gasteiger partial charge in [-0.2, -0.15) is 0 Å². The van der Waals surface area contributed by atoms with Crippen molar-refractivity contribution >= 4 is 11.7 Å². The summed E-state index contributed by atoms with van der Waals surface area (Å²) < 4.78 is 0. The molecule has 0 aliphatic heterocycles. The van der Waals surface area contributed by atoms with Crippen molar-refractivity contribution in [2.24, 2.45) is 16.6 Å². The third-order valence-electron chi connectivity index (χ3n) is 1.49. The Labute approximate surface area is 77.0 Å². The zero-order valence-corrected chi connectivity index (χ0v) is 7.87. The normalized spacial score (nSPS) is 12.9. The molecule has 0 spiro atoms. The van der Waals surface area contributed by atoms with E-state index >= 15 is 0 Å². The minimum absolute atomic E-state index is 0.0672. The van der Waals surface area contributed by atoms with Crippen LogP contribution in [0.25, 0.3) is 0 Å². The molecule has 0 unspecified atom stereocenters. The maximum Gasteiger partial charge on any atom is 0.219 e. The molecule has 76 valence electrons. The molecule has 0 aromatic carbocycles.